The monoisotopic (exact) mass is 435 g/mol. The summed E-state index contributed by atoms with van der Waals surface area (Å²) in [4.78, 5) is 19.5. The molecule has 2 aromatic carbocycles. The lowest BCUT2D eigenvalue weighted by Gasteiger charge is -2.10. The SMILES string of the molecule is COc1cc(NS(=O)(=O)c2ccc(NC(=O)Nc3ccc(F)cc3F)cc2)ncn1. The van der Waals surface area contributed by atoms with E-state index >= 15 is 0 Å². The lowest BCUT2D eigenvalue weighted by atomic mass is 10.3. The highest BCUT2D eigenvalue weighted by molar-refractivity contribution is 7.92. The molecule has 3 aromatic rings. The Morgan fingerprint density at radius 2 is 1.73 bits per heavy atom. The molecule has 0 bridgehead atoms. The minimum absolute atomic E-state index is 0.0183. The van der Waals surface area contributed by atoms with Gasteiger partial charge in [0.1, 0.15) is 23.8 Å². The van der Waals surface area contributed by atoms with E-state index in [1.807, 2.05) is 0 Å². The van der Waals surface area contributed by atoms with Crippen LogP contribution in [-0.4, -0.2) is 31.5 Å². The fourth-order valence-electron chi connectivity index (χ4n) is 2.30. The van der Waals surface area contributed by atoms with Crippen LogP contribution in [0.25, 0.3) is 0 Å². The van der Waals surface area contributed by atoms with Crippen LogP contribution >= 0.6 is 0 Å². The number of ether oxygens (including phenoxy) is 1. The Labute approximate surface area is 170 Å². The number of nitrogens with one attached hydrogen (secondary N) is 3. The van der Waals surface area contributed by atoms with Crippen LogP contribution in [0.5, 0.6) is 5.88 Å². The topological polar surface area (TPSA) is 122 Å². The summed E-state index contributed by atoms with van der Waals surface area (Å²) < 4.78 is 58.6. The minimum Gasteiger partial charge on any atom is -0.481 e. The third-order valence-electron chi connectivity index (χ3n) is 3.69. The first-order valence-corrected chi connectivity index (χ1v) is 9.77. The van der Waals surface area contributed by atoms with Crippen LogP contribution < -0.4 is 20.1 Å². The molecule has 0 aliphatic rings. The van der Waals surface area contributed by atoms with Gasteiger partial charge in [0.05, 0.1) is 17.7 Å². The average Bonchev–Trinajstić information content (AvgIpc) is 2.70. The Bertz CT molecular complexity index is 1170. The van der Waals surface area contributed by atoms with Crippen LogP contribution in [0.4, 0.5) is 30.8 Å². The van der Waals surface area contributed by atoms with Crippen molar-refractivity contribution in [1.29, 1.82) is 0 Å². The molecule has 0 fully saturated rings. The van der Waals surface area contributed by atoms with E-state index in [0.29, 0.717) is 6.07 Å². The van der Waals surface area contributed by atoms with Crippen LogP contribution in [0.2, 0.25) is 0 Å². The van der Waals surface area contributed by atoms with Gasteiger partial charge >= 0.3 is 6.03 Å². The molecule has 0 saturated heterocycles. The molecule has 12 heteroatoms. The van der Waals surface area contributed by atoms with Crippen LogP contribution in [0.15, 0.2) is 59.8 Å². The highest BCUT2D eigenvalue weighted by Crippen LogP contribution is 2.19. The van der Waals surface area contributed by atoms with Crippen molar-refractivity contribution in [2.24, 2.45) is 0 Å². The summed E-state index contributed by atoms with van der Waals surface area (Å²) in [6, 6.07) is 8.44. The number of aromatic nitrogens is 2. The molecule has 9 nitrogen and oxygen atoms in total. The van der Waals surface area contributed by atoms with Gasteiger partial charge in [-0.3, -0.25) is 4.72 Å². The Morgan fingerprint density at radius 3 is 2.40 bits per heavy atom. The maximum Gasteiger partial charge on any atom is 0.323 e. The molecule has 0 atom stereocenters. The molecule has 0 spiro atoms. The summed E-state index contributed by atoms with van der Waals surface area (Å²) in [5, 5.41) is 4.64. The molecule has 30 heavy (non-hydrogen) atoms. The van der Waals surface area contributed by atoms with Crippen molar-refractivity contribution in [3.05, 3.63) is 66.5 Å². The third-order valence-corrected chi connectivity index (χ3v) is 5.06. The van der Waals surface area contributed by atoms with Gasteiger partial charge in [-0.25, -0.2) is 32.0 Å². The number of amides is 2. The van der Waals surface area contributed by atoms with E-state index in [9.17, 15) is 22.0 Å². The van der Waals surface area contributed by atoms with Gasteiger partial charge in [0, 0.05) is 17.8 Å². The van der Waals surface area contributed by atoms with Gasteiger partial charge in [-0.15, -0.1) is 0 Å². The molecule has 0 saturated carbocycles. The molecular formula is C18H15F2N5O4S. The van der Waals surface area contributed by atoms with E-state index in [1.165, 1.54) is 37.4 Å². The summed E-state index contributed by atoms with van der Waals surface area (Å²) in [5.74, 6) is -1.50. The number of carbonyl (C=O) groups is 1. The molecule has 156 valence electrons. The van der Waals surface area contributed by atoms with Crippen LogP contribution in [-0.2, 0) is 10.0 Å². The number of sulfonamides is 1. The van der Waals surface area contributed by atoms with Gasteiger partial charge < -0.3 is 15.4 Å². The molecule has 1 aromatic heterocycles. The van der Waals surface area contributed by atoms with Crippen LogP contribution in [0, 0.1) is 11.6 Å². The summed E-state index contributed by atoms with van der Waals surface area (Å²) >= 11 is 0. The summed E-state index contributed by atoms with van der Waals surface area (Å²) in [6.07, 6.45) is 1.15. The van der Waals surface area contributed by atoms with E-state index in [-0.39, 0.29) is 28.0 Å². The zero-order valence-electron chi connectivity index (χ0n) is 15.4. The largest absolute Gasteiger partial charge is 0.481 e. The van der Waals surface area contributed by atoms with Gasteiger partial charge in [0.15, 0.2) is 0 Å². The second-order valence-corrected chi connectivity index (χ2v) is 7.46. The van der Waals surface area contributed by atoms with Gasteiger partial charge in [0.2, 0.25) is 5.88 Å². The van der Waals surface area contributed by atoms with Gasteiger partial charge in [-0.1, -0.05) is 0 Å². The smallest absolute Gasteiger partial charge is 0.323 e. The fourth-order valence-corrected chi connectivity index (χ4v) is 3.30. The standard InChI is InChI=1S/C18H15F2N5O4S/c1-29-17-9-16(21-10-22-17)25-30(27,28)13-5-3-12(4-6-13)23-18(26)24-15-7-2-11(19)8-14(15)20/h2-10H,1H3,(H,21,22,25)(H2,23,24,26). The summed E-state index contributed by atoms with van der Waals surface area (Å²) in [5.41, 5.74) is 0.0373. The zero-order valence-corrected chi connectivity index (χ0v) is 16.2. The van der Waals surface area contributed by atoms with Crippen molar-refractivity contribution in [1.82, 2.24) is 9.97 Å². The van der Waals surface area contributed by atoms with Crippen molar-refractivity contribution in [2.45, 2.75) is 4.90 Å². The molecule has 0 radical (unpaired) electrons. The van der Waals surface area contributed by atoms with E-state index < -0.39 is 27.7 Å². The molecule has 0 unspecified atom stereocenters. The third kappa shape index (κ3) is 5.17. The van der Waals surface area contributed by atoms with E-state index in [0.717, 1.165) is 18.5 Å². The Kier molecular flexibility index (Phi) is 6.06. The molecule has 0 aliphatic carbocycles. The maximum absolute atomic E-state index is 13.6. The minimum atomic E-state index is -3.95. The lowest BCUT2D eigenvalue weighted by Crippen LogP contribution is -2.20. The number of halogens is 2. The first-order valence-electron chi connectivity index (χ1n) is 8.29. The van der Waals surface area contributed by atoms with Crippen molar-refractivity contribution >= 4 is 33.2 Å². The second-order valence-electron chi connectivity index (χ2n) is 5.78. The highest BCUT2D eigenvalue weighted by atomic mass is 32.2. The predicted molar refractivity (Wildman–Crippen MR) is 105 cm³/mol. The molecule has 2 amide bonds. The number of carbonyl (C=O) groups excluding carboxylic acids is 1. The normalized spacial score (nSPS) is 10.9. The first-order chi connectivity index (χ1) is 14.3. The first kappa shape index (κ1) is 20.9. The van der Waals surface area contributed by atoms with Gasteiger partial charge in [0.25, 0.3) is 10.0 Å². The quantitative estimate of drug-likeness (QED) is 0.547. The molecule has 3 N–H and O–H groups in total. The fraction of sp³-hybridized carbons (Fsp3) is 0.0556. The molecule has 0 aliphatic heterocycles. The van der Waals surface area contributed by atoms with Crippen molar-refractivity contribution in [3.63, 3.8) is 0 Å². The van der Waals surface area contributed by atoms with Crippen molar-refractivity contribution < 1.29 is 26.7 Å². The second kappa shape index (κ2) is 8.69. The van der Waals surface area contributed by atoms with E-state index in [1.54, 1.807) is 0 Å². The Hall–Kier alpha value is -3.80. The van der Waals surface area contributed by atoms with E-state index in [2.05, 4.69) is 25.3 Å². The van der Waals surface area contributed by atoms with Crippen molar-refractivity contribution in [2.75, 3.05) is 22.5 Å². The molecule has 1 heterocycles. The summed E-state index contributed by atoms with van der Waals surface area (Å²) in [6.45, 7) is 0. The van der Waals surface area contributed by atoms with Gasteiger partial charge in [-0.2, -0.15) is 0 Å². The van der Waals surface area contributed by atoms with Crippen molar-refractivity contribution in [3.8, 4) is 5.88 Å². The number of hydrogen-bond acceptors (Lipinski definition) is 6. The van der Waals surface area contributed by atoms with Crippen LogP contribution in [0.1, 0.15) is 0 Å². The number of methoxy groups -OCH3 is 1. The summed E-state index contributed by atoms with van der Waals surface area (Å²) in [7, 11) is -2.57. The number of rotatable bonds is 6. The number of hydrogen-bond donors (Lipinski definition) is 3. The average molecular weight is 435 g/mol. The zero-order chi connectivity index (χ0) is 21.7. The number of benzene rings is 2. The maximum atomic E-state index is 13.6. The van der Waals surface area contributed by atoms with Gasteiger partial charge in [-0.05, 0) is 36.4 Å². The number of nitrogens with zero attached hydrogens (tertiary/aromatic N) is 2. The van der Waals surface area contributed by atoms with Crippen LogP contribution in [0.3, 0.4) is 0 Å². The molecular weight excluding hydrogens is 420 g/mol. The van der Waals surface area contributed by atoms with E-state index in [4.69, 9.17) is 4.74 Å². The predicted octanol–water partition coefficient (Wildman–Crippen LogP) is 3.21. The Balaban J connectivity index is 1.66. The highest BCUT2D eigenvalue weighted by Gasteiger charge is 2.16. The Morgan fingerprint density at radius 1 is 1.00 bits per heavy atom. The number of urea groups is 1. The molecule has 3 rings (SSSR count). The number of anilines is 3. The lowest BCUT2D eigenvalue weighted by molar-refractivity contribution is 0.262.